The predicted molar refractivity (Wildman–Crippen MR) is 68.6 cm³/mol. The van der Waals surface area contributed by atoms with E-state index in [4.69, 9.17) is 0 Å². The molecule has 0 aliphatic carbocycles. The Morgan fingerprint density at radius 3 is 2.67 bits per heavy atom. The zero-order chi connectivity index (χ0) is 15.6. The first-order valence-electron chi connectivity index (χ1n) is 5.10. The number of halogens is 5. The largest absolute Gasteiger partial charge is 0.573 e. The Bertz CT molecular complexity index is 663. The van der Waals surface area contributed by atoms with Gasteiger partial charge in [0.15, 0.2) is 11.6 Å². The van der Waals surface area contributed by atoms with Crippen molar-refractivity contribution in [3.63, 3.8) is 0 Å². The molecule has 0 unspecified atom stereocenters. The molecule has 0 fully saturated rings. The molecule has 11 heteroatoms. The van der Waals surface area contributed by atoms with E-state index >= 15 is 0 Å². The van der Waals surface area contributed by atoms with Gasteiger partial charge in [-0.25, -0.2) is 4.39 Å². The summed E-state index contributed by atoms with van der Waals surface area (Å²) in [5.41, 5.74) is -0.624. The van der Waals surface area contributed by atoms with Crippen LogP contribution in [0.4, 0.5) is 22.6 Å². The van der Waals surface area contributed by atoms with Gasteiger partial charge in [-0.05, 0) is 28.1 Å². The van der Waals surface area contributed by atoms with E-state index in [1.807, 2.05) is 0 Å². The Morgan fingerprint density at radius 2 is 2.10 bits per heavy atom. The average Bonchev–Trinajstić information content (AvgIpc) is 2.85. The number of hydrogen-bond acceptors (Lipinski definition) is 5. The summed E-state index contributed by atoms with van der Waals surface area (Å²) in [4.78, 5) is 12.0. The van der Waals surface area contributed by atoms with Gasteiger partial charge in [-0.2, -0.15) is 0 Å². The molecule has 0 saturated carbocycles. The van der Waals surface area contributed by atoms with Crippen molar-refractivity contribution in [1.82, 2.24) is 9.59 Å². The van der Waals surface area contributed by atoms with Crippen LogP contribution < -0.4 is 10.1 Å². The Labute approximate surface area is 127 Å². The van der Waals surface area contributed by atoms with Crippen LogP contribution >= 0.6 is 27.5 Å². The van der Waals surface area contributed by atoms with Crippen LogP contribution in [0.2, 0.25) is 0 Å². The van der Waals surface area contributed by atoms with Gasteiger partial charge in [0.2, 0.25) is 0 Å². The number of benzene rings is 1. The summed E-state index contributed by atoms with van der Waals surface area (Å²) in [6.45, 7) is 0. The maximum absolute atomic E-state index is 13.6. The number of carbonyl (C=O) groups excluding carboxylic acids is 1. The van der Waals surface area contributed by atoms with Gasteiger partial charge >= 0.3 is 6.36 Å². The fourth-order valence-corrected chi connectivity index (χ4v) is 2.26. The van der Waals surface area contributed by atoms with Gasteiger partial charge in [0, 0.05) is 16.0 Å². The average molecular weight is 386 g/mol. The third-order valence-corrected chi connectivity index (χ3v) is 3.34. The summed E-state index contributed by atoms with van der Waals surface area (Å²) in [6.07, 6.45) is -3.94. The van der Waals surface area contributed by atoms with Crippen molar-refractivity contribution in [2.24, 2.45) is 0 Å². The van der Waals surface area contributed by atoms with Gasteiger partial charge in [0.1, 0.15) is 5.00 Å². The summed E-state index contributed by atoms with van der Waals surface area (Å²) in [5, 5.41) is 5.88. The number of anilines is 1. The smallest absolute Gasteiger partial charge is 0.402 e. The Balaban J connectivity index is 2.41. The highest BCUT2D eigenvalue weighted by Crippen LogP contribution is 2.34. The van der Waals surface area contributed by atoms with E-state index < -0.39 is 29.4 Å². The van der Waals surface area contributed by atoms with Crippen LogP contribution in [-0.4, -0.2) is 21.9 Å². The second kappa shape index (κ2) is 5.93. The van der Waals surface area contributed by atoms with E-state index in [0.29, 0.717) is 0 Å². The van der Waals surface area contributed by atoms with E-state index in [0.717, 1.165) is 23.7 Å². The number of nitrogens with zero attached hydrogens (tertiary/aromatic N) is 2. The van der Waals surface area contributed by atoms with Gasteiger partial charge in [0.05, 0.1) is 11.8 Å². The lowest BCUT2D eigenvalue weighted by atomic mass is 10.2. The lowest BCUT2D eigenvalue weighted by molar-refractivity contribution is -0.275. The first kappa shape index (κ1) is 15.6. The fraction of sp³-hybridized carbons (Fsp3) is 0.100. The van der Waals surface area contributed by atoms with Gasteiger partial charge < -0.3 is 10.1 Å². The molecule has 112 valence electrons. The molecule has 1 aromatic heterocycles. The molecule has 0 aliphatic heterocycles. The number of ether oxygens (including phenoxy) is 1. The SMILES string of the molecule is O=C(Nc1cnns1)c1c(Br)ccc(F)c1OC(F)(F)F. The molecule has 0 spiro atoms. The second-order valence-electron chi connectivity index (χ2n) is 3.52. The number of amides is 1. The molecule has 2 aromatic rings. The van der Waals surface area contributed by atoms with Crippen molar-refractivity contribution in [3.05, 3.63) is 34.2 Å². The number of hydrogen-bond donors (Lipinski definition) is 1. The molecule has 2 rings (SSSR count). The second-order valence-corrected chi connectivity index (χ2v) is 5.16. The van der Waals surface area contributed by atoms with Crippen LogP contribution in [0.5, 0.6) is 5.75 Å². The lowest BCUT2D eigenvalue weighted by Crippen LogP contribution is -2.22. The van der Waals surface area contributed by atoms with Crippen molar-refractivity contribution in [3.8, 4) is 5.75 Å². The van der Waals surface area contributed by atoms with Gasteiger partial charge in [-0.1, -0.05) is 4.49 Å². The summed E-state index contributed by atoms with van der Waals surface area (Å²) in [5.74, 6) is -3.53. The van der Waals surface area contributed by atoms with Crippen LogP contribution in [0.15, 0.2) is 22.8 Å². The maximum atomic E-state index is 13.6. The standard InChI is InChI=1S/C10H4BrF4N3O2S/c11-4-1-2-5(12)8(20-10(13,14)15)7(4)9(19)17-6-3-16-18-21-6/h1-3H,(H,17,19). The fourth-order valence-electron chi connectivity index (χ4n) is 1.36. The van der Waals surface area contributed by atoms with E-state index in [2.05, 4.69) is 35.6 Å². The highest BCUT2D eigenvalue weighted by atomic mass is 79.9. The topological polar surface area (TPSA) is 64.1 Å². The number of rotatable bonds is 3. The van der Waals surface area contributed by atoms with Crippen LogP contribution in [-0.2, 0) is 0 Å². The molecule has 1 amide bonds. The normalized spacial score (nSPS) is 11.3. The molecule has 1 N–H and O–H groups in total. The Hall–Kier alpha value is -1.75. The molecular formula is C10H4BrF4N3O2S. The summed E-state index contributed by atoms with van der Waals surface area (Å²) >= 11 is 3.70. The van der Waals surface area contributed by atoms with Crippen molar-refractivity contribution in [2.75, 3.05) is 5.32 Å². The van der Waals surface area contributed by atoms with Crippen LogP contribution in [0, 0.1) is 5.82 Å². The van der Waals surface area contributed by atoms with Gasteiger partial charge in [0.25, 0.3) is 5.91 Å². The number of aromatic nitrogens is 2. The van der Waals surface area contributed by atoms with Crippen molar-refractivity contribution < 1.29 is 27.1 Å². The summed E-state index contributed by atoms with van der Waals surface area (Å²) < 4.78 is 57.5. The molecule has 0 saturated heterocycles. The monoisotopic (exact) mass is 385 g/mol. The minimum Gasteiger partial charge on any atom is -0.402 e. The third-order valence-electron chi connectivity index (χ3n) is 2.10. The van der Waals surface area contributed by atoms with Crippen LogP contribution in [0.25, 0.3) is 0 Å². The first-order chi connectivity index (χ1) is 9.78. The van der Waals surface area contributed by atoms with Crippen molar-refractivity contribution >= 4 is 38.4 Å². The lowest BCUT2D eigenvalue weighted by Gasteiger charge is -2.14. The molecule has 5 nitrogen and oxygen atoms in total. The summed E-state index contributed by atoms with van der Waals surface area (Å²) in [6, 6.07) is 1.84. The quantitative estimate of drug-likeness (QED) is 0.820. The molecule has 0 aliphatic rings. The molecule has 0 radical (unpaired) electrons. The first-order valence-corrected chi connectivity index (χ1v) is 6.67. The molecular weight excluding hydrogens is 382 g/mol. The van der Waals surface area contributed by atoms with E-state index in [-0.39, 0.29) is 9.47 Å². The van der Waals surface area contributed by atoms with Crippen molar-refractivity contribution in [2.45, 2.75) is 6.36 Å². The van der Waals surface area contributed by atoms with Crippen LogP contribution in [0.3, 0.4) is 0 Å². The van der Waals surface area contributed by atoms with E-state index in [1.54, 1.807) is 0 Å². The Kier molecular flexibility index (Phi) is 4.42. The molecule has 0 bridgehead atoms. The minimum atomic E-state index is -5.14. The molecule has 21 heavy (non-hydrogen) atoms. The predicted octanol–water partition coefficient (Wildman–Crippen LogP) is 3.59. The Morgan fingerprint density at radius 1 is 1.38 bits per heavy atom. The molecule has 0 atom stereocenters. The maximum Gasteiger partial charge on any atom is 0.573 e. The van der Waals surface area contributed by atoms with E-state index in [1.165, 1.54) is 6.20 Å². The highest BCUT2D eigenvalue weighted by molar-refractivity contribution is 9.10. The van der Waals surface area contributed by atoms with E-state index in [9.17, 15) is 22.4 Å². The number of carbonyl (C=O) groups is 1. The molecule has 1 aromatic carbocycles. The third kappa shape index (κ3) is 3.88. The number of nitrogens with one attached hydrogen (secondary N) is 1. The van der Waals surface area contributed by atoms with Gasteiger partial charge in [-0.15, -0.1) is 18.3 Å². The zero-order valence-electron chi connectivity index (χ0n) is 9.74. The highest BCUT2D eigenvalue weighted by Gasteiger charge is 2.35. The summed E-state index contributed by atoms with van der Waals surface area (Å²) in [7, 11) is 0. The van der Waals surface area contributed by atoms with Gasteiger partial charge in [-0.3, -0.25) is 4.79 Å². The van der Waals surface area contributed by atoms with Crippen molar-refractivity contribution in [1.29, 1.82) is 0 Å². The minimum absolute atomic E-state index is 0.0573. The van der Waals surface area contributed by atoms with Crippen LogP contribution in [0.1, 0.15) is 10.4 Å². The molecule has 1 heterocycles. The number of alkyl halides is 3. The zero-order valence-corrected chi connectivity index (χ0v) is 12.1.